The molecule has 0 amide bonds. The molecule has 8 nitrogen and oxygen atoms in total. The number of nitrogens with zero attached hydrogens (tertiary/aromatic N) is 8. The molecule has 102 heavy (non-hydrogen) atoms. The molecule has 1 atom stereocenters. The summed E-state index contributed by atoms with van der Waals surface area (Å²) in [4.78, 5) is 18.9. The van der Waals surface area contributed by atoms with Gasteiger partial charge in [0.2, 0.25) is 22.8 Å². The van der Waals surface area contributed by atoms with Crippen molar-refractivity contribution in [2.45, 2.75) is 171 Å². The summed E-state index contributed by atoms with van der Waals surface area (Å²) in [6, 6.07) is 52.0. The Hall–Kier alpha value is -9.92. The average molecular weight is 1350 g/mol. The number of hydrogen-bond acceptors (Lipinski definition) is 4. The van der Waals surface area contributed by atoms with Crippen molar-refractivity contribution in [3.63, 3.8) is 0 Å². The molecular formula is C94H104N8+4. The van der Waals surface area contributed by atoms with Gasteiger partial charge in [-0.05, 0) is 166 Å². The summed E-state index contributed by atoms with van der Waals surface area (Å²) >= 11 is 0. The molecule has 1 unspecified atom stereocenters. The maximum absolute atomic E-state index is 8.56. The summed E-state index contributed by atoms with van der Waals surface area (Å²) in [6.07, 6.45) is 18.1. The molecule has 16 rings (SSSR count). The molecule has 0 radical (unpaired) electrons. The maximum Gasteiger partial charge on any atom is 0.213 e. The minimum Gasteiger partial charge on any atom is -0.260 e. The molecule has 0 saturated carbocycles. The Morgan fingerprint density at radius 1 is 0.353 bits per heavy atom. The van der Waals surface area contributed by atoms with Gasteiger partial charge in [0.1, 0.15) is 28.2 Å². The molecule has 4 aromatic carbocycles. The molecule has 4 aliphatic rings. The van der Waals surface area contributed by atoms with Crippen molar-refractivity contribution in [2.24, 2.45) is 28.2 Å². The summed E-state index contributed by atoms with van der Waals surface area (Å²) in [7, 11) is 8.38. The molecule has 0 fully saturated rings. The number of benzene rings is 4. The van der Waals surface area contributed by atoms with E-state index >= 15 is 0 Å². The van der Waals surface area contributed by atoms with Gasteiger partial charge in [-0.15, -0.1) is 0 Å². The third-order valence-corrected chi connectivity index (χ3v) is 22.6. The summed E-state index contributed by atoms with van der Waals surface area (Å²) < 4.78 is 40.8. The number of fused-ring (bicyclic) bond motifs is 12. The van der Waals surface area contributed by atoms with E-state index in [0.29, 0.717) is 11.5 Å². The van der Waals surface area contributed by atoms with Crippen LogP contribution in [0.1, 0.15) is 204 Å². The smallest absolute Gasteiger partial charge is 0.213 e. The summed E-state index contributed by atoms with van der Waals surface area (Å²) in [6.45, 7) is 34.9. The molecule has 12 aromatic rings. The highest BCUT2D eigenvalue weighted by molar-refractivity contribution is 5.91. The van der Waals surface area contributed by atoms with E-state index in [0.717, 1.165) is 40.9 Å². The lowest BCUT2D eigenvalue weighted by atomic mass is 9.80. The number of rotatable bonds is 8. The fourth-order valence-electron chi connectivity index (χ4n) is 17.0. The first kappa shape index (κ1) is 65.4. The van der Waals surface area contributed by atoms with Crippen LogP contribution >= 0.6 is 0 Å². The van der Waals surface area contributed by atoms with Crippen LogP contribution in [0.4, 0.5) is 0 Å². The first-order valence-corrected chi connectivity index (χ1v) is 36.5. The van der Waals surface area contributed by atoms with Crippen molar-refractivity contribution < 1.29 is 23.8 Å². The van der Waals surface area contributed by atoms with Crippen molar-refractivity contribution in [2.75, 3.05) is 0 Å². The third-order valence-electron chi connectivity index (χ3n) is 22.6. The molecule has 4 aliphatic carbocycles. The van der Waals surface area contributed by atoms with Crippen LogP contribution in [0.5, 0.6) is 0 Å². The lowest BCUT2D eigenvalue weighted by Crippen LogP contribution is -2.32. The first-order chi connectivity index (χ1) is 50.1. The predicted octanol–water partition coefficient (Wildman–Crippen LogP) is 20.1. The molecule has 0 aliphatic heterocycles. The normalized spacial score (nSPS) is 15.6. The standard InChI is InChI=1S/2C24H27N2.2C23H25N2/c2*1-15(2)17-11-13-26(6)20(14-17)21-16(3)9-10-18-19-8-7-12-25-23(19)24(4,5)22(18)21;2*1-6-16-11-13-25(5)19(14-16)20-15(2)9-10-17-18-8-7-12-24-22(18)23(3,4)21(17)20/h2*7-15H,1-6H3;2*7-14H,6H2,1-5H3/q4*+1/i1D3,15D;;;. The van der Waals surface area contributed by atoms with Crippen molar-refractivity contribution in [3.8, 4) is 89.5 Å². The Kier molecular flexibility index (Phi) is 17.2. The molecule has 0 spiro atoms. The predicted molar refractivity (Wildman–Crippen MR) is 420 cm³/mol. The van der Waals surface area contributed by atoms with Gasteiger partial charge in [-0.3, -0.25) is 19.9 Å². The largest absolute Gasteiger partial charge is 0.260 e. The molecular weight excluding hydrogens is 1240 g/mol. The number of aryl methyl sites for hydroxylation is 10. The lowest BCUT2D eigenvalue weighted by molar-refractivity contribution is -0.660. The number of hydrogen-bond donors (Lipinski definition) is 0. The average Bonchev–Trinajstić information content (AvgIpc) is 1.57. The number of aromatic nitrogens is 8. The van der Waals surface area contributed by atoms with E-state index in [9.17, 15) is 0 Å². The zero-order valence-electron chi connectivity index (χ0n) is 68.0. The van der Waals surface area contributed by atoms with E-state index in [-0.39, 0.29) is 21.7 Å². The Balaban J connectivity index is 0.000000125. The topological polar surface area (TPSA) is 67.1 Å². The highest BCUT2D eigenvalue weighted by atomic mass is 14.9. The van der Waals surface area contributed by atoms with Gasteiger partial charge in [0.15, 0.2) is 24.8 Å². The lowest BCUT2D eigenvalue weighted by Gasteiger charge is -2.23. The van der Waals surface area contributed by atoms with Gasteiger partial charge in [-0.1, -0.05) is 170 Å². The van der Waals surface area contributed by atoms with Crippen LogP contribution in [0.15, 0.2) is 195 Å². The van der Waals surface area contributed by atoms with E-state index in [1.807, 2.05) is 72.9 Å². The Morgan fingerprint density at radius 2 is 0.618 bits per heavy atom. The van der Waals surface area contributed by atoms with Crippen LogP contribution in [0.2, 0.25) is 0 Å². The highest BCUT2D eigenvalue weighted by Gasteiger charge is 2.45. The molecule has 0 saturated heterocycles. The second kappa shape index (κ2) is 26.8. The van der Waals surface area contributed by atoms with Gasteiger partial charge in [-0.2, -0.15) is 0 Å². The highest BCUT2D eigenvalue weighted by Crippen LogP contribution is 2.56. The second-order valence-corrected chi connectivity index (χ2v) is 31.2. The summed E-state index contributed by atoms with van der Waals surface area (Å²) in [5.41, 5.74) is 39.2. The van der Waals surface area contributed by atoms with Gasteiger partial charge in [0.05, 0.1) is 45.0 Å². The first-order valence-electron chi connectivity index (χ1n) is 38.5. The maximum atomic E-state index is 8.56. The van der Waals surface area contributed by atoms with Crippen LogP contribution in [-0.4, -0.2) is 19.9 Å². The van der Waals surface area contributed by atoms with Crippen LogP contribution in [0, 0.1) is 27.7 Å². The molecule has 0 N–H and O–H groups in total. The van der Waals surface area contributed by atoms with Crippen LogP contribution in [0.3, 0.4) is 0 Å². The van der Waals surface area contributed by atoms with Crippen molar-refractivity contribution >= 4 is 0 Å². The second-order valence-electron chi connectivity index (χ2n) is 31.2. The van der Waals surface area contributed by atoms with Crippen LogP contribution < -0.4 is 18.3 Å². The van der Waals surface area contributed by atoms with E-state index in [4.69, 9.17) is 25.4 Å². The zero-order valence-corrected chi connectivity index (χ0v) is 64.0. The Labute approximate surface area is 613 Å². The van der Waals surface area contributed by atoms with E-state index < -0.39 is 12.7 Å². The van der Waals surface area contributed by atoms with Crippen molar-refractivity contribution in [1.29, 1.82) is 0 Å². The van der Waals surface area contributed by atoms with E-state index in [1.54, 1.807) is 6.07 Å². The van der Waals surface area contributed by atoms with Crippen molar-refractivity contribution in [3.05, 3.63) is 285 Å². The van der Waals surface area contributed by atoms with E-state index in [2.05, 4.69) is 273 Å². The van der Waals surface area contributed by atoms with Gasteiger partial charge in [-0.25, -0.2) is 18.3 Å². The van der Waals surface area contributed by atoms with Gasteiger partial charge < -0.3 is 0 Å². The molecule has 8 heterocycles. The number of pyridine rings is 8. The van der Waals surface area contributed by atoms with Crippen LogP contribution in [-0.2, 0) is 62.7 Å². The van der Waals surface area contributed by atoms with Gasteiger partial charge >= 0.3 is 0 Å². The molecule has 8 heteroatoms. The van der Waals surface area contributed by atoms with Crippen LogP contribution in [0.25, 0.3) is 89.5 Å². The minimum absolute atomic E-state index is 0.0947. The molecule has 8 aromatic heterocycles. The van der Waals surface area contributed by atoms with Gasteiger partial charge in [0.25, 0.3) is 0 Å². The molecule has 0 bridgehead atoms. The molecule has 516 valence electrons. The summed E-state index contributed by atoms with van der Waals surface area (Å²) in [5, 5.41) is 0. The van der Waals surface area contributed by atoms with E-state index in [1.165, 1.54) is 152 Å². The minimum atomic E-state index is -2.42. The Bertz CT molecular complexity index is 5340. The fraction of sp³-hybridized carbons (Fsp3) is 0.319. The SMILES string of the molecule is CCc1cc[n+](C)c(-c2c(C)ccc3c2C(C)(C)c2ncccc2-3)c1.CCc1cc[n+](C)c(-c2c(C)ccc3c2C(C)(C)c2ncccc2-3)c1.Cc1ccc2c(c1-c1cc(C(C)C)cc[n+]1C)C(C)(C)c1ncccc1-2.[2H]C([2H])([2H])C([2H])(C)c1cc[n+](C)c(-c2c(C)ccc3c2C(C)(C)c2ncccc2-3)c1. The Morgan fingerprint density at radius 3 is 0.892 bits per heavy atom. The summed E-state index contributed by atoms with van der Waals surface area (Å²) in [5.74, 6) is -1.18. The quantitative estimate of drug-likeness (QED) is 0.142. The zero-order chi connectivity index (χ0) is 76.2. The monoisotopic (exact) mass is 1350 g/mol. The fourth-order valence-corrected chi connectivity index (χ4v) is 17.0. The van der Waals surface area contributed by atoms with Gasteiger partial charge in [0, 0.05) is 123 Å². The third kappa shape index (κ3) is 11.8. The van der Waals surface area contributed by atoms with Crippen molar-refractivity contribution in [1.82, 2.24) is 19.9 Å².